The maximum Gasteiger partial charge on any atom is 0.229 e. The maximum atomic E-state index is 5.33. The Kier molecular flexibility index (Phi) is 4.17. The first-order chi connectivity index (χ1) is 9.70. The van der Waals surface area contributed by atoms with Crippen molar-refractivity contribution in [2.24, 2.45) is 0 Å². The van der Waals surface area contributed by atoms with Gasteiger partial charge in [0, 0.05) is 25.6 Å². The van der Waals surface area contributed by atoms with E-state index in [2.05, 4.69) is 33.4 Å². The number of hydrogen-bond donors (Lipinski definition) is 0. The van der Waals surface area contributed by atoms with E-state index in [1.54, 1.807) is 0 Å². The van der Waals surface area contributed by atoms with Gasteiger partial charge in [-0.1, -0.05) is 17.3 Å². The van der Waals surface area contributed by atoms with E-state index in [1.807, 2.05) is 0 Å². The molecule has 20 heavy (non-hydrogen) atoms. The lowest BCUT2D eigenvalue weighted by molar-refractivity contribution is 0.251. The number of hydrogen-bond acceptors (Lipinski definition) is 5. The van der Waals surface area contributed by atoms with Gasteiger partial charge in [-0.3, -0.25) is 9.80 Å². The standard InChI is InChI=1S/C15H24N4O/c1-12(2)10-18-6-3-7-19(9-8-18)11-14-16-15(20-17-14)13-4-5-13/h13H,1,3-11H2,2H3. The molecular formula is C15H24N4O. The van der Waals surface area contributed by atoms with Crippen molar-refractivity contribution in [2.45, 2.75) is 38.6 Å². The van der Waals surface area contributed by atoms with Crippen LogP contribution in [0.4, 0.5) is 0 Å². The highest BCUT2D eigenvalue weighted by molar-refractivity contribution is 5.01. The van der Waals surface area contributed by atoms with Gasteiger partial charge < -0.3 is 4.52 Å². The summed E-state index contributed by atoms with van der Waals surface area (Å²) in [6.45, 7) is 12.4. The summed E-state index contributed by atoms with van der Waals surface area (Å²) in [7, 11) is 0. The minimum absolute atomic E-state index is 0.548. The van der Waals surface area contributed by atoms with E-state index < -0.39 is 0 Å². The van der Waals surface area contributed by atoms with Crippen molar-refractivity contribution in [2.75, 3.05) is 32.7 Å². The maximum absolute atomic E-state index is 5.33. The molecule has 1 saturated heterocycles. The Balaban J connectivity index is 1.51. The molecule has 5 nitrogen and oxygen atoms in total. The van der Waals surface area contributed by atoms with Gasteiger partial charge in [0.05, 0.1) is 6.54 Å². The second-order valence-electron chi connectivity index (χ2n) is 6.19. The summed E-state index contributed by atoms with van der Waals surface area (Å²) in [5.41, 5.74) is 1.24. The van der Waals surface area contributed by atoms with Crippen LogP contribution in [0, 0.1) is 0 Å². The number of rotatable bonds is 5. The molecule has 2 fully saturated rings. The Bertz CT molecular complexity index is 466. The Morgan fingerprint density at radius 1 is 1.25 bits per heavy atom. The van der Waals surface area contributed by atoms with Gasteiger partial charge in [-0.2, -0.15) is 4.98 Å². The van der Waals surface area contributed by atoms with Crippen LogP contribution in [-0.4, -0.2) is 52.7 Å². The normalized spacial score (nSPS) is 21.9. The average Bonchev–Trinajstić information content (AvgIpc) is 3.17. The molecule has 1 aromatic heterocycles. The Labute approximate surface area is 120 Å². The minimum atomic E-state index is 0.548. The fraction of sp³-hybridized carbons (Fsp3) is 0.733. The summed E-state index contributed by atoms with van der Waals surface area (Å²) in [6.07, 6.45) is 3.61. The minimum Gasteiger partial charge on any atom is -0.339 e. The summed E-state index contributed by atoms with van der Waals surface area (Å²) in [5, 5.41) is 4.11. The van der Waals surface area contributed by atoms with Gasteiger partial charge in [0.2, 0.25) is 5.89 Å². The van der Waals surface area contributed by atoms with Crippen LogP contribution in [0.3, 0.4) is 0 Å². The molecule has 0 unspecified atom stereocenters. The molecule has 1 aliphatic carbocycles. The molecule has 110 valence electrons. The van der Waals surface area contributed by atoms with Crippen LogP contribution in [-0.2, 0) is 6.54 Å². The lowest BCUT2D eigenvalue weighted by Gasteiger charge is -2.20. The summed E-state index contributed by atoms with van der Waals surface area (Å²) < 4.78 is 5.33. The van der Waals surface area contributed by atoms with Crippen molar-refractivity contribution in [3.63, 3.8) is 0 Å². The van der Waals surface area contributed by atoms with Crippen molar-refractivity contribution < 1.29 is 4.52 Å². The van der Waals surface area contributed by atoms with Crippen molar-refractivity contribution in [3.8, 4) is 0 Å². The van der Waals surface area contributed by atoms with E-state index >= 15 is 0 Å². The zero-order valence-electron chi connectivity index (χ0n) is 12.3. The first kappa shape index (κ1) is 13.8. The highest BCUT2D eigenvalue weighted by Gasteiger charge is 2.29. The summed E-state index contributed by atoms with van der Waals surface area (Å²) >= 11 is 0. The number of nitrogens with zero attached hydrogens (tertiary/aromatic N) is 4. The fourth-order valence-electron chi connectivity index (χ4n) is 2.75. The second kappa shape index (κ2) is 6.06. The predicted molar refractivity (Wildman–Crippen MR) is 77.4 cm³/mol. The van der Waals surface area contributed by atoms with Gasteiger partial charge in [0.1, 0.15) is 0 Å². The highest BCUT2D eigenvalue weighted by Crippen LogP contribution is 2.38. The molecule has 0 aromatic carbocycles. The highest BCUT2D eigenvalue weighted by atomic mass is 16.5. The largest absolute Gasteiger partial charge is 0.339 e. The van der Waals surface area contributed by atoms with E-state index in [1.165, 1.54) is 24.8 Å². The van der Waals surface area contributed by atoms with Crippen LogP contribution in [0.15, 0.2) is 16.7 Å². The van der Waals surface area contributed by atoms with Crippen LogP contribution in [0.2, 0.25) is 0 Å². The van der Waals surface area contributed by atoms with Crippen molar-refractivity contribution in [1.82, 2.24) is 19.9 Å². The SMILES string of the molecule is C=C(C)CN1CCCN(Cc2noc(C3CC3)n2)CC1. The van der Waals surface area contributed by atoms with Gasteiger partial charge in [-0.05, 0) is 39.3 Å². The lowest BCUT2D eigenvalue weighted by Crippen LogP contribution is -2.31. The van der Waals surface area contributed by atoms with Crippen molar-refractivity contribution in [1.29, 1.82) is 0 Å². The first-order valence-corrected chi connectivity index (χ1v) is 7.62. The van der Waals surface area contributed by atoms with Gasteiger partial charge in [0.15, 0.2) is 5.82 Å². The zero-order valence-corrected chi connectivity index (χ0v) is 12.3. The molecule has 1 aromatic rings. The molecule has 0 spiro atoms. The monoisotopic (exact) mass is 276 g/mol. The van der Waals surface area contributed by atoms with E-state index in [4.69, 9.17) is 4.52 Å². The molecule has 0 atom stereocenters. The van der Waals surface area contributed by atoms with Crippen LogP contribution in [0.1, 0.15) is 43.8 Å². The predicted octanol–water partition coefficient (Wildman–Crippen LogP) is 2.03. The van der Waals surface area contributed by atoms with Crippen LogP contribution >= 0.6 is 0 Å². The summed E-state index contributed by atoms with van der Waals surface area (Å²) in [4.78, 5) is 9.43. The van der Waals surface area contributed by atoms with Gasteiger partial charge in [-0.15, -0.1) is 0 Å². The third-order valence-corrected chi connectivity index (χ3v) is 3.95. The molecule has 2 aliphatic rings. The van der Waals surface area contributed by atoms with Crippen LogP contribution < -0.4 is 0 Å². The van der Waals surface area contributed by atoms with Crippen molar-refractivity contribution >= 4 is 0 Å². The lowest BCUT2D eigenvalue weighted by atomic mass is 10.3. The topological polar surface area (TPSA) is 45.4 Å². The molecule has 0 amide bonds. The average molecular weight is 276 g/mol. The van der Waals surface area contributed by atoms with Gasteiger partial charge >= 0.3 is 0 Å². The Hall–Kier alpha value is -1.20. The summed E-state index contributed by atoms with van der Waals surface area (Å²) in [6, 6.07) is 0. The van der Waals surface area contributed by atoms with E-state index in [0.717, 1.165) is 51.0 Å². The molecule has 0 N–H and O–H groups in total. The Morgan fingerprint density at radius 2 is 2.00 bits per heavy atom. The molecule has 0 bridgehead atoms. The van der Waals surface area contributed by atoms with Gasteiger partial charge in [0.25, 0.3) is 0 Å². The summed E-state index contributed by atoms with van der Waals surface area (Å²) in [5.74, 6) is 2.24. The molecule has 1 saturated carbocycles. The van der Waals surface area contributed by atoms with Crippen LogP contribution in [0.5, 0.6) is 0 Å². The molecule has 5 heteroatoms. The van der Waals surface area contributed by atoms with Crippen LogP contribution in [0.25, 0.3) is 0 Å². The quantitative estimate of drug-likeness (QED) is 0.770. The third kappa shape index (κ3) is 3.67. The Morgan fingerprint density at radius 3 is 2.75 bits per heavy atom. The zero-order chi connectivity index (χ0) is 13.9. The third-order valence-electron chi connectivity index (χ3n) is 3.95. The van der Waals surface area contributed by atoms with Crippen molar-refractivity contribution in [3.05, 3.63) is 23.9 Å². The van der Waals surface area contributed by atoms with E-state index in [9.17, 15) is 0 Å². The fourth-order valence-corrected chi connectivity index (χ4v) is 2.75. The first-order valence-electron chi connectivity index (χ1n) is 7.62. The second-order valence-corrected chi connectivity index (χ2v) is 6.19. The number of aromatic nitrogens is 2. The smallest absolute Gasteiger partial charge is 0.229 e. The molecule has 2 heterocycles. The molecule has 1 aliphatic heterocycles. The van der Waals surface area contributed by atoms with Gasteiger partial charge in [-0.25, -0.2) is 0 Å². The molecule has 0 radical (unpaired) electrons. The van der Waals surface area contributed by atoms with E-state index in [-0.39, 0.29) is 0 Å². The molecule has 3 rings (SSSR count). The molecular weight excluding hydrogens is 252 g/mol. The van der Waals surface area contributed by atoms with E-state index in [0.29, 0.717) is 5.92 Å².